The largest absolute Gasteiger partial charge is 0.389 e. The molecular weight excluding hydrogens is 247 g/mol. The normalized spacial score (nSPS) is 11.9. The van der Waals surface area contributed by atoms with Gasteiger partial charge in [-0.3, -0.25) is 4.79 Å². The molecule has 0 amide bonds. The predicted molar refractivity (Wildman–Crippen MR) is 58.1 cm³/mol. The maximum Gasteiger partial charge on any atom is 0.389 e. The molecule has 1 aromatic heterocycles. The van der Waals surface area contributed by atoms with Crippen molar-refractivity contribution in [2.24, 2.45) is 0 Å². The van der Waals surface area contributed by atoms with Crippen LogP contribution in [0.15, 0.2) is 24.3 Å². The molecule has 0 fully saturated rings. The maximum atomic E-state index is 12.0. The average Bonchev–Trinajstić information content (AvgIpc) is 2.70. The van der Waals surface area contributed by atoms with Crippen LogP contribution in [-0.4, -0.2) is 27.1 Å². The summed E-state index contributed by atoms with van der Waals surface area (Å²) in [6.07, 6.45) is -5.64. The van der Waals surface area contributed by atoms with E-state index in [2.05, 4.69) is 10.3 Å². The van der Waals surface area contributed by atoms with E-state index in [1.165, 1.54) is 0 Å². The first-order chi connectivity index (χ1) is 8.47. The van der Waals surface area contributed by atoms with Crippen molar-refractivity contribution in [2.45, 2.75) is 25.4 Å². The first kappa shape index (κ1) is 12.5. The third kappa shape index (κ3) is 2.85. The number of benzene rings is 1. The molecule has 1 aromatic carbocycles. The monoisotopic (exact) mass is 257 g/mol. The Bertz CT molecular complexity index is 562. The van der Waals surface area contributed by atoms with Gasteiger partial charge in [0.15, 0.2) is 0 Å². The van der Waals surface area contributed by atoms with Crippen molar-refractivity contribution in [3.05, 3.63) is 24.3 Å². The second-order valence-corrected chi connectivity index (χ2v) is 3.85. The molecule has 0 saturated heterocycles. The van der Waals surface area contributed by atoms with Crippen molar-refractivity contribution in [1.29, 1.82) is 0 Å². The molecule has 18 heavy (non-hydrogen) atoms. The van der Waals surface area contributed by atoms with Crippen molar-refractivity contribution < 1.29 is 18.0 Å². The third-order valence-corrected chi connectivity index (χ3v) is 2.44. The lowest BCUT2D eigenvalue weighted by Crippen LogP contribution is -2.14. The van der Waals surface area contributed by atoms with Crippen molar-refractivity contribution in [3.63, 3.8) is 0 Å². The Morgan fingerprint density at radius 1 is 1.28 bits per heavy atom. The van der Waals surface area contributed by atoms with Crippen LogP contribution in [0.2, 0.25) is 0 Å². The summed E-state index contributed by atoms with van der Waals surface area (Å²) >= 11 is 0. The molecule has 0 aliphatic carbocycles. The van der Waals surface area contributed by atoms with Gasteiger partial charge in [0.05, 0.1) is 5.52 Å². The van der Waals surface area contributed by atoms with Crippen molar-refractivity contribution in [1.82, 2.24) is 15.0 Å². The van der Waals surface area contributed by atoms with Gasteiger partial charge >= 0.3 is 6.18 Å². The number of halogens is 3. The van der Waals surface area contributed by atoms with Gasteiger partial charge in [0, 0.05) is 12.8 Å². The Kier molecular flexibility index (Phi) is 3.31. The summed E-state index contributed by atoms with van der Waals surface area (Å²) in [4.78, 5) is 11.7. The summed E-state index contributed by atoms with van der Waals surface area (Å²) < 4.78 is 36.9. The number of aromatic nitrogens is 3. The first-order valence-corrected chi connectivity index (χ1v) is 5.38. The highest BCUT2D eigenvalue weighted by atomic mass is 19.4. The average molecular weight is 257 g/mol. The molecule has 0 N–H and O–H groups in total. The number of para-hydroxylation sites is 1. The molecule has 7 heteroatoms. The molecule has 0 unspecified atom stereocenters. The van der Waals surface area contributed by atoms with Gasteiger partial charge in [0.2, 0.25) is 5.91 Å². The Morgan fingerprint density at radius 3 is 2.72 bits per heavy atom. The van der Waals surface area contributed by atoms with E-state index in [1.54, 1.807) is 24.3 Å². The van der Waals surface area contributed by atoms with Crippen molar-refractivity contribution in [2.75, 3.05) is 0 Å². The number of carbonyl (C=O) groups is 1. The second kappa shape index (κ2) is 4.75. The van der Waals surface area contributed by atoms with E-state index in [-0.39, 0.29) is 12.8 Å². The van der Waals surface area contributed by atoms with Crippen LogP contribution < -0.4 is 0 Å². The molecular formula is C11H10F3N3O. The second-order valence-electron chi connectivity index (χ2n) is 3.85. The maximum absolute atomic E-state index is 12.0. The zero-order valence-electron chi connectivity index (χ0n) is 9.31. The Hall–Kier alpha value is -1.92. The lowest BCUT2D eigenvalue weighted by atomic mass is 10.2. The van der Waals surface area contributed by atoms with Crippen LogP contribution >= 0.6 is 0 Å². The lowest BCUT2D eigenvalue weighted by Gasteiger charge is -2.05. The third-order valence-electron chi connectivity index (χ3n) is 2.44. The fourth-order valence-corrected chi connectivity index (χ4v) is 1.60. The number of nitrogens with zero attached hydrogens (tertiary/aromatic N) is 3. The highest BCUT2D eigenvalue weighted by molar-refractivity contribution is 5.88. The molecule has 0 atom stereocenters. The number of rotatable bonds is 3. The topological polar surface area (TPSA) is 47.8 Å². The van der Waals surface area contributed by atoms with E-state index in [9.17, 15) is 18.0 Å². The number of fused-ring (bicyclic) bond motifs is 1. The number of alkyl halides is 3. The number of hydrogen-bond acceptors (Lipinski definition) is 3. The summed E-state index contributed by atoms with van der Waals surface area (Å²) in [6.45, 7) is 0. The lowest BCUT2D eigenvalue weighted by molar-refractivity contribution is -0.135. The van der Waals surface area contributed by atoms with Crippen LogP contribution in [0.3, 0.4) is 0 Å². The van der Waals surface area contributed by atoms with Crippen molar-refractivity contribution in [3.8, 4) is 0 Å². The molecule has 2 aromatic rings. The van der Waals surface area contributed by atoms with Crippen LogP contribution in [0.4, 0.5) is 13.2 Å². The minimum absolute atomic E-state index is 0.202. The molecule has 1 heterocycles. The smallest absolute Gasteiger partial charge is 0.273 e. The quantitative estimate of drug-likeness (QED) is 0.849. The molecule has 0 aliphatic rings. The molecule has 4 nitrogen and oxygen atoms in total. The molecule has 96 valence electrons. The van der Waals surface area contributed by atoms with Gasteiger partial charge < -0.3 is 0 Å². The van der Waals surface area contributed by atoms with Gasteiger partial charge in [-0.25, -0.2) is 0 Å². The predicted octanol–water partition coefficient (Wildman–Crippen LogP) is 2.80. The van der Waals surface area contributed by atoms with Crippen LogP contribution in [0.25, 0.3) is 11.0 Å². The summed E-state index contributed by atoms with van der Waals surface area (Å²) in [5.74, 6) is -0.479. The minimum Gasteiger partial charge on any atom is -0.273 e. The summed E-state index contributed by atoms with van der Waals surface area (Å²) in [5, 5.41) is 7.41. The van der Waals surface area contributed by atoms with E-state index in [0.29, 0.717) is 11.0 Å². The SMILES string of the molecule is O=C(CCCC(F)(F)F)n1nnc2ccccc21. The standard InChI is InChI=1S/C11H10F3N3O/c12-11(13,14)7-3-6-10(18)17-9-5-2-1-4-8(9)15-16-17/h1-2,4-5H,3,6-7H2. The van der Waals surface area contributed by atoms with E-state index in [4.69, 9.17) is 0 Å². The fourth-order valence-electron chi connectivity index (χ4n) is 1.60. The minimum atomic E-state index is -4.23. The van der Waals surface area contributed by atoms with Gasteiger partial charge in [-0.1, -0.05) is 17.3 Å². The van der Waals surface area contributed by atoms with E-state index in [1.807, 2.05) is 0 Å². The van der Waals surface area contributed by atoms with Gasteiger partial charge in [-0.15, -0.1) is 5.10 Å². The zero-order chi connectivity index (χ0) is 13.2. The molecule has 0 bridgehead atoms. The molecule has 2 rings (SSSR count). The van der Waals surface area contributed by atoms with Crippen LogP contribution in [0, 0.1) is 0 Å². The first-order valence-electron chi connectivity index (χ1n) is 5.38. The Labute approximate surface area is 100 Å². The van der Waals surface area contributed by atoms with Crippen molar-refractivity contribution >= 4 is 16.9 Å². The number of hydrogen-bond donors (Lipinski definition) is 0. The molecule has 0 aliphatic heterocycles. The Morgan fingerprint density at radius 2 is 2.00 bits per heavy atom. The number of carbonyl (C=O) groups excluding carboxylic acids is 1. The van der Waals surface area contributed by atoms with Crippen LogP contribution in [-0.2, 0) is 0 Å². The van der Waals surface area contributed by atoms with E-state index < -0.39 is 18.5 Å². The van der Waals surface area contributed by atoms with Gasteiger partial charge in [0.25, 0.3) is 0 Å². The van der Waals surface area contributed by atoms with Gasteiger partial charge in [0.1, 0.15) is 5.52 Å². The van der Waals surface area contributed by atoms with Crippen LogP contribution in [0.5, 0.6) is 0 Å². The molecule has 0 radical (unpaired) electrons. The van der Waals surface area contributed by atoms with Gasteiger partial charge in [-0.2, -0.15) is 17.9 Å². The fraction of sp³-hybridized carbons (Fsp3) is 0.364. The van der Waals surface area contributed by atoms with E-state index >= 15 is 0 Å². The van der Waals surface area contributed by atoms with Crippen LogP contribution in [0.1, 0.15) is 24.1 Å². The Balaban J connectivity index is 2.05. The molecule has 0 spiro atoms. The highest BCUT2D eigenvalue weighted by Gasteiger charge is 2.26. The summed E-state index contributed by atoms with van der Waals surface area (Å²) in [6, 6.07) is 6.79. The van der Waals surface area contributed by atoms with E-state index in [0.717, 1.165) is 4.68 Å². The zero-order valence-corrected chi connectivity index (χ0v) is 9.31. The van der Waals surface area contributed by atoms with Gasteiger partial charge in [-0.05, 0) is 18.6 Å². The molecule has 0 saturated carbocycles. The highest BCUT2D eigenvalue weighted by Crippen LogP contribution is 2.22. The summed E-state index contributed by atoms with van der Waals surface area (Å²) in [5.41, 5.74) is 1.05. The summed E-state index contributed by atoms with van der Waals surface area (Å²) in [7, 11) is 0.